The van der Waals surface area contributed by atoms with Gasteiger partial charge in [-0.25, -0.2) is 0 Å². The number of hydrogen-bond donors (Lipinski definition) is 0. The smallest absolute Gasteiger partial charge is 0.311 e. The lowest BCUT2D eigenvalue weighted by molar-refractivity contribution is -0.147. The van der Waals surface area contributed by atoms with Crippen LogP contribution in [0.3, 0.4) is 0 Å². The highest BCUT2D eigenvalue weighted by Gasteiger charge is 2.14. The van der Waals surface area contributed by atoms with E-state index in [4.69, 9.17) is 44.3 Å². The van der Waals surface area contributed by atoms with Crippen LogP contribution in [-0.2, 0) is 14.3 Å². The summed E-state index contributed by atoms with van der Waals surface area (Å²) in [6, 6.07) is 2.82. The summed E-state index contributed by atoms with van der Waals surface area (Å²) >= 11 is 17.5. The van der Waals surface area contributed by atoms with Gasteiger partial charge in [0.15, 0.2) is 5.75 Å². The SMILES string of the molecule is CC(C)COC(=O)CCC(=O)Oc1cc(Cl)cc(Cl)c1Cl. The number of carbonyl (C=O) groups excluding carboxylic acids is 2. The molecule has 1 rings (SSSR count). The number of benzene rings is 1. The summed E-state index contributed by atoms with van der Waals surface area (Å²) in [4.78, 5) is 23.0. The van der Waals surface area contributed by atoms with E-state index in [0.29, 0.717) is 11.6 Å². The Labute approximate surface area is 138 Å². The largest absolute Gasteiger partial charge is 0.465 e. The highest BCUT2D eigenvalue weighted by Crippen LogP contribution is 2.35. The van der Waals surface area contributed by atoms with Gasteiger partial charge >= 0.3 is 11.9 Å². The van der Waals surface area contributed by atoms with Gasteiger partial charge in [-0.1, -0.05) is 48.7 Å². The first-order chi connectivity index (χ1) is 9.79. The van der Waals surface area contributed by atoms with Crippen LogP contribution < -0.4 is 4.74 Å². The number of hydrogen-bond acceptors (Lipinski definition) is 4. The van der Waals surface area contributed by atoms with Crippen molar-refractivity contribution in [3.63, 3.8) is 0 Å². The van der Waals surface area contributed by atoms with Crippen molar-refractivity contribution in [2.75, 3.05) is 6.61 Å². The zero-order valence-electron chi connectivity index (χ0n) is 11.6. The van der Waals surface area contributed by atoms with Crippen LogP contribution in [0.15, 0.2) is 12.1 Å². The Balaban J connectivity index is 2.49. The molecule has 0 aliphatic rings. The minimum absolute atomic E-state index is 0.0581. The minimum atomic E-state index is -0.614. The van der Waals surface area contributed by atoms with Crippen LogP contribution in [0, 0.1) is 5.92 Å². The zero-order valence-corrected chi connectivity index (χ0v) is 13.9. The van der Waals surface area contributed by atoms with Gasteiger partial charge < -0.3 is 9.47 Å². The summed E-state index contributed by atoms with van der Waals surface area (Å²) in [6.07, 6.45) is -0.172. The Bertz CT molecular complexity index is 529. The van der Waals surface area contributed by atoms with Crippen molar-refractivity contribution in [2.24, 2.45) is 5.92 Å². The number of esters is 2. The molecule has 0 heterocycles. The second-order valence-corrected chi connectivity index (χ2v) is 5.97. The third kappa shape index (κ3) is 6.55. The molecule has 0 unspecified atom stereocenters. The van der Waals surface area contributed by atoms with Gasteiger partial charge in [0.2, 0.25) is 0 Å². The molecule has 0 N–H and O–H groups in total. The van der Waals surface area contributed by atoms with Crippen molar-refractivity contribution in [3.05, 3.63) is 27.2 Å². The standard InChI is InChI=1S/C14H15Cl3O4/c1-8(2)7-20-12(18)3-4-13(19)21-11-6-9(15)5-10(16)14(11)17/h5-6,8H,3-4,7H2,1-2H3. The van der Waals surface area contributed by atoms with Crippen LogP contribution in [0.25, 0.3) is 0 Å². The number of ether oxygens (including phenoxy) is 2. The van der Waals surface area contributed by atoms with E-state index in [-0.39, 0.29) is 34.6 Å². The molecule has 4 nitrogen and oxygen atoms in total. The molecule has 0 radical (unpaired) electrons. The van der Waals surface area contributed by atoms with Crippen molar-refractivity contribution in [1.29, 1.82) is 0 Å². The second-order valence-electron chi connectivity index (χ2n) is 4.75. The number of carbonyl (C=O) groups is 2. The quantitative estimate of drug-likeness (QED) is 0.428. The van der Waals surface area contributed by atoms with Gasteiger partial charge in [-0.3, -0.25) is 9.59 Å². The fraction of sp³-hybridized carbons (Fsp3) is 0.429. The monoisotopic (exact) mass is 352 g/mol. The van der Waals surface area contributed by atoms with Gasteiger partial charge in [-0.05, 0) is 12.0 Å². The number of halogens is 3. The number of rotatable bonds is 6. The summed E-state index contributed by atoms with van der Waals surface area (Å²) in [5.74, 6) is -0.754. The van der Waals surface area contributed by atoms with Gasteiger partial charge in [0.1, 0.15) is 5.02 Å². The lowest BCUT2D eigenvalue weighted by Gasteiger charge is -2.09. The lowest BCUT2D eigenvalue weighted by atomic mass is 10.2. The summed E-state index contributed by atoms with van der Waals surface area (Å²) in [6.45, 7) is 4.17. The van der Waals surface area contributed by atoms with Crippen molar-refractivity contribution >= 4 is 46.7 Å². The van der Waals surface area contributed by atoms with Gasteiger partial charge in [-0.15, -0.1) is 0 Å². The van der Waals surface area contributed by atoms with E-state index in [0.717, 1.165) is 0 Å². The van der Waals surface area contributed by atoms with E-state index in [1.807, 2.05) is 13.8 Å². The van der Waals surface area contributed by atoms with Crippen LogP contribution in [0.1, 0.15) is 26.7 Å². The van der Waals surface area contributed by atoms with E-state index in [9.17, 15) is 9.59 Å². The molecule has 0 aromatic heterocycles. The van der Waals surface area contributed by atoms with Crippen molar-refractivity contribution in [3.8, 4) is 5.75 Å². The Morgan fingerprint density at radius 2 is 1.71 bits per heavy atom. The van der Waals surface area contributed by atoms with Crippen molar-refractivity contribution < 1.29 is 19.1 Å². The minimum Gasteiger partial charge on any atom is -0.465 e. The molecule has 0 saturated carbocycles. The van der Waals surface area contributed by atoms with Gasteiger partial charge in [0.05, 0.1) is 24.5 Å². The summed E-state index contributed by atoms with van der Waals surface area (Å²) in [7, 11) is 0. The van der Waals surface area contributed by atoms with Crippen LogP contribution in [0.5, 0.6) is 5.75 Å². The normalized spacial score (nSPS) is 10.6. The maximum absolute atomic E-state index is 11.7. The first kappa shape index (κ1) is 18.1. The van der Waals surface area contributed by atoms with Gasteiger partial charge in [0, 0.05) is 11.1 Å². The fourth-order valence-electron chi connectivity index (χ4n) is 1.32. The third-order valence-corrected chi connectivity index (χ3v) is 3.30. The Morgan fingerprint density at radius 3 is 2.33 bits per heavy atom. The molecule has 0 amide bonds. The van der Waals surface area contributed by atoms with Crippen LogP contribution >= 0.6 is 34.8 Å². The summed E-state index contributed by atoms with van der Waals surface area (Å²) in [5, 5.41) is 0.573. The van der Waals surface area contributed by atoms with Gasteiger partial charge in [0.25, 0.3) is 0 Å². The van der Waals surface area contributed by atoms with Crippen LogP contribution in [-0.4, -0.2) is 18.5 Å². The maximum atomic E-state index is 11.7. The Kier molecular flexibility index (Phi) is 7.29. The molecule has 1 aromatic carbocycles. The first-order valence-corrected chi connectivity index (χ1v) is 7.43. The molecule has 0 saturated heterocycles. The topological polar surface area (TPSA) is 52.6 Å². The molecule has 21 heavy (non-hydrogen) atoms. The molecular formula is C14H15Cl3O4. The summed E-state index contributed by atoms with van der Waals surface area (Å²) < 4.78 is 9.99. The van der Waals surface area contributed by atoms with E-state index in [1.54, 1.807) is 0 Å². The molecule has 0 aliphatic carbocycles. The molecule has 7 heteroatoms. The molecular weight excluding hydrogens is 339 g/mol. The van der Waals surface area contributed by atoms with E-state index < -0.39 is 11.9 Å². The summed E-state index contributed by atoms with van der Waals surface area (Å²) in [5.41, 5.74) is 0. The predicted octanol–water partition coefficient (Wildman–Crippen LogP) is 4.53. The second kappa shape index (κ2) is 8.47. The van der Waals surface area contributed by atoms with Crippen LogP contribution in [0.4, 0.5) is 0 Å². The van der Waals surface area contributed by atoms with E-state index in [2.05, 4.69) is 0 Å². The predicted molar refractivity (Wildman–Crippen MR) is 82.1 cm³/mol. The lowest BCUT2D eigenvalue weighted by Crippen LogP contribution is -2.14. The Morgan fingerprint density at radius 1 is 1.10 bits per heavy atom. The molecule has 0 bridgehead atoms. The highest BCUT2D eigenvalue weighted by molar-refractivity contribution is 6.44. The van der Waals surface area contributed by atoms with E-state index in [1.165, 1.54) is 12.1 Å². The molecule has 1 aromatic rings. The maximum Gasteiger partial charge on any atom is 0.311 e. The third-order valence-electron chi connectivity index (χ3n) is 2.29. The van der Waals surface area contributed by atoms with E-state index >= 15 is 0 Å². The molecule has 0 fully saturated rings. The van der Waals surface area contributed by atoms with Crippen LogP contribution in [0.2, 0.25) is 15.1 Å². The van der Waals surface area contributed by atoms with Crippen molar-refractivity contribution in [1.82, 2.24) is 0 Å². The Hall–Kier alpha value is -0.970. The average Bonchev–Trinajstić information content (AvgIpc) is 2.39. The molecule has 0 atom stereocenters. The molecule has 0 aliphatic heterocycles. The highest BCUT2D eigenvalue weighted by atomic mass is 35.5. The van der Waals surface area contributed by atoms with Crippen molar-refractivity contribution in [2.45, 2.75) is 26.7 Å². The van der Waals surface area contributed by atoms with Gasteiger partial charge in [-0.2, -0.15) is 0 Å². The molecule has 0 spiro atoms. The average molecular weight is 354 g/mol. The zero-order chi connectivity index (χ0) is 16.0. The fourth-order valence-corrected chi connectivity index (χ4v) is 1.94. The molecule has 116 valence electrons. The first-order valence-electron chi connectivity index (χ1n) is 6.30.